The van der Waals surface area contributed by atoms with E-state index in [0.29, 0.717) is 16.1 Å². The van der Waals surface area contributed by atoms with Crippen molar-refractivity contribution in [2.75, 3.05) is 14.2 Å². The van der Waals surface area contributed by atoms with E-state index in [0.717, 1.165) is 11.3 Å². The average Bonchev–Trinajstić information content (AvgIpc) is 3.13. The molecule has 0 fully saturated rings. The number of fused-ring (bicyclic) bond motifs is 1. The highest BCUT2D eigenvalue weighted by molar-refractivity contribution is 7.07. The Morgan fingerprint density at radius 3 is 2.54 bits per heavy atom. The van der Waals surface area contributed by atoms with E-state index in [9.17, 15) is 18.8 Å². The minimum absolute atomic E-state index is 0.166. The van der Waals surface area contributed by atoms with Gasteiger partial charge in [0.1, 0.15) is 5.82 Å². The van der Waals surface area contributed by atoms with Crippen LogP contribution in [0.4, 0.5) is 4.39 Å². The molecule has 1 aliphatic heterocycles. The van der Waals surface area contributed by atoms with Crippen molar-refractivity contribution in [1.82, 2.24) is 4.57 Å². The predicted octanol–water partition coefficient (Wildman–Crippen LogP) is 2.48. The van der Waals surface area contributed by atoms with Gasteiger partial charge in [0.15, 0.2) is 16.3 Å². The molecule has 0 unspecified atom stereocenters. The lowest BCUT2D eigenvalue weighted by atomic mass is 9.95. The number of hydrogen-bond acceptors (Lipinski definition) is 8. The van der Waals surface area contributed by atoms with Crippen LogP contribution < -0.4 is 24.4 Å². The highest BCUT2D eigenvalue weighted by Gasteiger charge is 2.33. The molecule has 180 valence electrons. The number of ether oxygens (including phenoxy) is 3. The molecular formula is C25H21FN2O6S. The maximum absolute atomic E-state index is 14.2. The van der Waals surface area contributed by atoms with Crippen LogP contribution in [-0.2, 0) is 14.3 Å². The Morgan fingerprint density at radius 1 is 1.14 bits per heavy atom. The van der Waals surface area contributed by atoms with Crippen molar-refractivity contribution in [2.24, 2.45) is 4.99 Å². The summed E-state index contributed by atoms with van der Waals surface area (Å²) in [6.45, 7) is 2.92. The molecule has 0 N–H and O–H groups in total. The molecule has 0 saturated carbocycles. The molecule has 0 aliphatic carbocycles. The van der Waals surface area contributed by atoms with Gasteiger partial charge < -0.3 is 14.2 Å². The molecule has 0 bridgehead atoms. The van der Waals surface area contributed by atoms with E-state index in [1.54, 1.807) is 37.3 Å². The van der Waals surface area contributed by atoms with Crippen LogP contribution in [-0.4, -0.2) is 30.7 Å². The Kier molecular flexibility index (Phi) is 6.65. The smallest absolute Gasteiger partial charge is 0.338 e. The van der Waals surface area contributed by atoms with Gasteiger partial charge in [0.2, 0.25) is 0 Å². The van der Waals surface area contributed by atoms with Gasteiger partial charge in [-0.15, -0.1) is 0 Å². The number of benzene rings is 2. The summed E-state index contributed by atoms with van der Waals surface area (Å²) in [6.07, 6.45) is 1.46. The normalized spacial score (nSPS) is 15.3. The van der Waals surface area contributed by atoms with E-state index >= 15 is 0 Å². The second-order valence-corrected chi connectivity index (χ2v) is 8.61. The van der Waals surface area contributed by atoms with Gasteiger partial charge in [0, 0.05) is 12.5 Å². The minimum atomic E-state index is -0.901. The molecule has 3 aromatic rings. The zero-order valence-electron chi connectivity index (χ0n) is 19.3. The zero-order chi connectivity index (χ0) is 25.3. The Balaban J connectivity index is 1.97. The van der Waals surface area contributed by atoms with Gasteiger partial charge in [-0.25, -0.2) is 14.2 Å². The summed E-state index contributed by atoms with van der Waals surface area (Å²) in [5.41, 5.74) is 0.860. The summed E-state index contributed by atoms with van der Waals surface area (Å²) in [6, 6.07) is 9.94. The quantitative estimate of drug-likeness (QED) is 0.398. The van der Waals surface area contributed by atoms with Crippen LogP contribution in [0.15, 0.2) is 63.5 Å². The maximum atomic E-state index is 14.2. The Labute approximate surface area is 203 Å². The number of thiazole rings is 1. The largest absolute Gasteiger partial charge is 0.493 e. The van der Waals surface area contributed by atoms with Crippen molar-refractivity contribution in [2.45, 2.75) is 19.9 Å². The molecule has 8 nitrogen and oxygen atoms in total. The molecule has 0 amide bonds. The van der Waals surface area contributed by atoms with E-state index < -0.39 is 29.4 Å². The molecule has 1 atom stereocenters. The van der Waals surface area contributed by atoms with Crippen molar-refractivity contribution in [3.05, 3.63) is 90.4 Å². The van der Waals surface area contributed by atoms with Gasteiger partial charge in [-0.1, -0.05) is 35.6 Å². The van der Waals surface area contributed by atoms with Crippen LogP contribution in [0.2, 0.25) is 0 Å². The van der Waals surface area contributed by atoms with Crippen LogP contribution in [0, 0.1) is 5.82 Å². The number of halogens is 1. The summed E-state index contributed by atoms with van der Waals surface area (Å²) in [7, 11) is 2.65. The molecule has 2 aromatic carbocycles. The number of aromatic nitrogens is 1. The molecule has 1 aliphatic rings. The molecule has 1 aromatic heterocycles. The molecule has 0 saturated heterocycles. The molecule has 0 radical (unpaired) electrons. The van der Waals surface area contributed by atoms with E-state index in [4.69, 9.17) is 14.2 Å². The molecule has 35 heavy (non-hydrogen) atoms. The zero-order valence-corrected chi connectivity index (χ0v) is 20.1. The Morgan fingerprint density at radius 2 is 1.89 bits per heavy atom. The van der Waals surface area contributed by atoms with Crippen molar-refractivity contribution in [3.63, 3.8) is 0 Å². The fourth-order valence-corrected chi connectivity index (χ4v) is 4.87. The van der Waals surface area contributed by atoms with Crippen LogP contribution in [0.1, 0.15) is 31.0 Å². The first-order valence-electron chi connectivity index (χ1n) is 10.5. The van der Waals surface area contributed by atoms with Crippen molar-refractivity contribution in [1.29, 1.82) is 0 Å². The molecule has 0 spiro atoms. The number of hydrogen-bond donors (Lipinski definition) is 0. The monoisotopic (exact) mass is 496 g/mol. The molecular weight excluding hydrogens is 475 g/mol. The van der Waals surface area contributed by atoms with E-state index in [1.165, 1.54) is 43.9 Å². The first kappa shape index (κ1) is 24.1. The first-order valence-corrected chi connectivity index (χ1v) is 11.3. The third kappa shape index (κ3) is 4.52. The maximum Gasteiger partial charge on any atom is 0.338 e. The van der Waals surface area contributed by atoms with Crippen molar-refractivity contribution in [3.8, 4) is 11.5 Å². The second kappa shape index (κ2) is 9.67. The van der Waals surface area contributed by atoms with Crippen molar-refractivity contribution >= 4 is 29.4 Å². The fourth-order valence-electron chi connectivity index (χ4n) is 3.83. The number of carbonyl (C=O) groups excluding carboxylic acids is 2. The van der Waals surface area contributed by atoms with Crippen LogP contribution >= 0.6 is 11.3 Å². The number of methoxy groups -OCH3 is 2. The molecule has 10 heteroatoms. The topological polar surface area (TPSA) is 96.2 Å². The third-order valence-electron chi connectivity index (χ3n) is 5.38. The lowest BCUT2D eigenvalue weighted by Crippen LogP contribution is -2.39. The molecule has 4 rings (SSSR count). The summed E-state index contributed by atoms with van der Waals surface area (Å²) >= 11 is 1.09. The lowest BCUT2D eigenvalue weighted by Gasteiger charge is -2.25. The number of carbonyl (C=O) groups is 2. The molecule has 2 heterocycles. The average molecular weight is 497 g/mol. The van der Waals surface area contributed by atoms with Crippen LogP contribution in [0.3, 0.4) is 0 Å². The first-order chi connectivity index (χ1) is 16.7. The highest BCUT2D eigenvalue weighted by Crippen LogP contribution is 2.36. The van der Waals surface area contributed by atoms with Gasteiger partial charge in [0.05, 0.1) is 36.1 Å². The van der Waals surface area contributed by atoms with Crippen molar-refractivity contribution < 1.29 is 28.2 Å². The van der Waals surface area contributed by atoms with E-state index in [2.05, 4.69) is 4.99 Å². The Hall–Kier alpha value is -4.05. The number of esters is 2. The standard InChI is InChI=1S/C25H21FN2O6S/c1-13-21(24(31)33-4)22(16-9-10-18(34-14(2)29)19(11-16)32-3)28-23(30)20(35-25(28)27-13)12-15-7-5-6-8-17(15)26/h5-12,22H,1-4H3/b20-12+/t22-/m1/s1. The number of nitrogens with zero attached hydrogens (tertiary/aromatic N) is 2. The third-order valence-corrected chi connectivity index (χ3v) is 6.36. The summed E-state index contributed by atoms with van der Waals surface area (Å²) in [5.74, 6) is -1.21. The van der Waals surface area contributed by atoms with Gasteiger partial charge in [-0.05, 0) is 36.8 Å². The predicted molar refractivity (Wildman–Crippen MR) is 126 cm³/mol. The Bertz CT molecular complexity index is 1550. The second-order valence-electron chi connectivity index (χ2n) is 7.60. The summed E-state index contributed by atoms with van der Waals surface area (Å²) < 4.78 is 31.4. The van der Waals surface area contributed by atoms with Gasteiger partial charge in [-0.2, -0.15) is 0 Å². The van der Waals surface area contributed by atoms with Gasteiger partial charge in [0.25, 0.3) is 5.56 Å². The highest BCUT2D eigenvalue weighted by atomic mass is 32.1. The van der Waals surface area contributed by atoms with Crippen LogP contribution in [0.25, 0.3) is 6.08 Å². The van der Waals surface area contributed by atoms with E-state index in [1.807, 2.05) is 0 Å². The minimum Gasteiger partial charge on any atom is -0.493 e. The van der Waals surface area contributed by atoms with Gasteiger partial charge in [-0.3, -0.25) is 14.2 Å². The number of allylic oxidation sites excluding steroid dienone is 1. The SMILES string of the molecule is COC(=O)C1=C(C)N=c2s/c(=C/c3ccccc3F)c(=O)n2[C@@H]1c1ccc(OC(C)=O)c(OC)c1. The number of rotatable bonds is 5. The van der Waals surface area contributed by atoms with Gasteiger partial charge >= 0.3 is 11.9 Å². The lowest BCUT2D eigenvalue weighted by molar-refractivity contribution is -0.136. The fraction of sp³-hybridized carbons (Fsp3) is 0.200. The summed E-state index contributed by atoms with van der Waals surface area (Å²) in [5, 5.41) is 0. The van der Waals surface area contributed by atoms with Crippen LogP contribution in [0.5, 0.6) is 11.5 Å². The van der Waals surface area contributed by atoms with E-state index in [-0.39, 0.29) is 27.2 Å². The summed E-state index contributed by atoms with van der Waals surface area (Å²) in [4.78, 5) is 42.6.